The molecule has 5 nitrogen and oxygen atoms in total. The van der Waals surface area contributed by atoms with Crippen LogP contribution in [0.1, 0.15) is 18.5 Å². The van der Waals surface area contributed by atoms with Crippen LogP contribution in [0.4, 0.5) is 10.1 Å². The van der Waals surface area contributed by atoms with Crippen LogP contribution in [0, 0.1) is 5.82 Å². The van der Waals surface area contributed by atoms with E-state index in [0.717, 1.165) is 5.69 Å². The summed E-state index contributed by atoms with van der Waals surface area (Å²) in [5, 5.41) is 3.67. The molecule has 1 unspecified atom stereocenters. The van der Waals surface area contributed by atoms with E-state index >= 15 is 0 Å². The van der Waals surface area contributed by atoms with E-state index < -0.39 is 11.9 Å². The summed E-state index contributed by atoms with van der Waals surface area (Å²) in [7, 11) is 4.88. The topological polar surface area (TPSA) is 44.8 Å². The molecule has 0 fully saturated rings. The standard InChI is InChI=1S/C21H21ClFN3O2S/c1-12-17(20(27)25(2)3)19(18-15(22)6-5-7-16(18)23)24-21(29)26(12)13-8-10-14(28-4)11-9-13/h5-11,19H,1-4H3,(H,24,29). The van der Waals surface area contributed by atoms with Crippen LogP contribution in [-0.2, 0) is 4.79 Å². The summed E-state index contributed by atoms with van der Waals surface area (Å²) >= 11 is 11.9. The molecule has 0 radical (unpaired) electrons. The molecule has 0 aromatic heterocycles. The minimum absolute atomic E-state index is 0.190. The van der Waals surface area contributed by atoms with Gasteiger partial charge >= 0.3 is 0 Å². The minimum Gasteiger partial charge on any atom is -0.497 e. The number of rotatable bonds is 4. The van der Waals surface area contributed by atoms with E-state index in [1.807, 2.05) is 12.1 Å². The smallest absolute Gasteiger partial charge is 0.253 e. The first kappa shape index (κ1) is 21.1. The summed E-state index contributed by atoms with van der Waals surface area (Å²) in [6.07, 6.45) is 0. The number of anilines is 1. The lowest BCUT2D eigenvalue weighted by Crippen LogP contribution is -2.49. The van der Waals surface area contributed by atoms with Crippen LogP contribution in [-0.4, -0.2) is 37.1 Å². The lowest BCUT2D eigenvalue weighted by molar-refractivity contribution is -0.125. The van der Waals surface area contributed by atoms with Crippen LogP contribution in [0.5, 0.6) is 5.75 Å². The van der Waals surface area contributed by atoms with Crippen molar-refractivity contribution in [3.05, 3.63) is 70.1 Å². The highest BCUT2D eigenvalue weighted by Gasteiger charge is 2.37. The Morgan fingerprint density at radius 1 is 1.24 bits per heavy atom. The van der Waals surface area contributed by atoms with Crippen LogP contribution in [0.25, 0.3) is 0 Å². The second kappa shape index (κ2) is 8.39. The number of thiocarbonyl (C=S) groups is 1. The molecule has 0 saturated carbocycles. The highest BCUT2D eigenvalue weighted by Crippen LogP contribution is 2.38. The van der Waals surface area contributed by atoms with Crippen molar-refractivity contribution in [2.75, 3.05) is 26.1 Å². The normalized spacial score (nSPS) is 16.6. The average molecular weight is 434 g/mol. The second-order valence-corrected chi connectivity index (χ2v) is 7.54. The lowest BCUT2D eigenvalue weighted by Gasteiger charge is -2.38. The van der Waals surface area contributed by atoms with Crippen molar-refractivity contribution in [2.45, 2.75) is 13.0 Å². The van der Waals surface area contributed by atoms with E-state index in [1.165, 1.54) is 17.0 Å². The SMILES string of the molecule is COc1ccc(N2C(=S)NC(c3c(F)cccc3Cl)C(C(=O)N(C)C)=C2C)cc1. The lowest BCUT2D eigenvalue weighted by atomic mass is 9.93. The molecular formula is C21H21ClFN3O2S. The minimum atomic E-state index is -0.805. The Bertz CT molecular complexity index is 972. The van der Waals surface area contributed by atoms with Crippen molar-refractivity contribution in [2.24, 2.45) is 0 Å². The number of benzene rings is 2. The highest BCUT2D eigenvalue weighted by atomic mass is 35.5. The third kappa shape index (κ3) is 3.93. The van der Waals surface area contributed by atoms with E-state index in [-0.39, 0.29) is 16.5 Å². The molecule has 8 heteroatoms. The quantitative estimate of drug-likeness (QED) is 0.729. The van der Waals surface area contributed by atoms with Gasteiger partial charge in [-0.05, 0) is 55.5 Å². The van der Waals surface area contributed by atoms with Gasteiger partial charge in [0, 0.05) is 36.1 Å². The van der Waals surface area contributed by atoms with Crippen molar-refractivity contribution >= 4 is 40.5 Å². The van der Waals surface area contributed by atoms with Gasteiger partial charge in [0.05, 0.1) is 18.7 Å². The maximum Gasteiger partial charge on any atom is 0.253 e. The molecule has 29 heavy (non-hydrogen) atoms. The van der Waals surface area contributed by atoms with E-state index in [0.29, 0.717) is 22.1 Å². The van der Waals surface area contributed by atoms with Crippen molar-refractivity contribution in [1.29, 1.82) is 0 Å². The molecule has 2 aromatic rings. The fourth-order valence-corrected chi connectivity index (χ4v) is 3.94. The number of hydrogen-bond donors (Lipinski definition) is 1. The van der Waals surface area contributed by atoms with Gasteiger partial charge in [-0.25, -0.2) is 4.39 Å². The highest BCUT2D eigenvalue weighted by molar-refractivity contribution is 7.80. The molecule has 152 valence electrons. The number of likely N-dealkylation sites (N-methyl/N-ethyl adjacent to an activating group) is 1. The summed E-state index contributed by atoms with van der Waals surface area (Å²) in [6, 6.07) is 10.9. The zero-order valence-corrected chi connectivity index (χ0v) is 18.1. The number of methoxy groups -OCH3 is 1. The second-order valence-electron chi connectivity index (χ2n) is 6.75. The Morgan fingerprint density at radius 2 is 1.90 bits per heavy atom. The van der Waals surface area contributed by atoms with E-state index in [1.54, 1.807) is 51.2 Å². The number of halogens is 2. The summed E-state index contributed by atoms with van der Waals surface area (Å²) < 4.78 is 19.9. The molecule has 2 aromatic carbocycles. The third-order valence-corrected chi connectivity index (χ3v) is 5.37. The molecule has 0 bridgehead atoms. The van der Waals surface area contributed by atoms with Crippen LogP contribution >= 0.6 is 23.8 Å². The molecule has 0 aliphatic carbocycles. The van der Waals surface area contributed by atoms with Crippen LogP contribution in [0.3, 0.4) is 0 Å². The molecule has 3 rings (SSSR count). The summed E-state index contributed by atoms with van der Waals surface area (Å²) in [5.41, 5.74) is 1.91. The van der Waals surface area contributed by atoms with Crippen LogP contribution < -0.4 is 15.0 Å². The first-order valence-corrected chi connectivity index (χ1v) is 9.66. The first-order valence-electron chi connectivity index (χ1n) is 8.87. The van der Waals surface area contributed by atoms with Gasteiger partial charge in [-0.2, -0.15) is 0 Å². The van der Waals surface area contributed by atoms with Gasteiger partial charge in [-0.15, -0.1) is 0 Å². The zero-order chi connectivity index (χ0) is 21.3. The third-order valence-electron chi connectivity index (χ3n) is 4.74. The van der Waals surface area contributed by atoms with Gasteiger partial charge in [0.1, 0.15) is 11.6 Å². The number of carbonyl (C=O) groups excluding carboxylic acids is 1. The number of nitrogens with zero attached hydrogens (tertiary/aromatic N) is 2. The molecule has 1 aliphatic heterocycles. The Balaban J connectivity index is 2.19. The summed E-state index contributed by atoms with van der Waals surface area (Å²) in [6.45, 7) is 1.79. The van der Waals surface area contributed by atoms with Crippen LogP contribution in [0.2, 0.25) is 5.02 Å². The molecule has 0 spiro atoms. The molecule has 1 heterocycles. The van der Waals surface area contributed by atoms with Crippen molar-refractivity contribution < 1.29 is 13.9 Å². The number of hydrogen-bond acceptors (Lipinski definition) is 3. The Hall–Kier alpha value is -2.64. The number of allylic oxidation sites excluding steroid dienone is 1. The fraction of sp³-hybridized carbons (Fsp3) is 0.238. The first-order chi connectivity index (χ1) is 13.8. The van der Waals surface area contributed by atoms with Gasteiger partial charge in [0.15, 0.2) is 5.11 Å². The zero-order valence-electron chi connectivity index (χ0n) is 16.5. The molecule has 1 aliphatic rings. The number of amides is 1. The molecular weight excluding hydrogens is 413 g/mol. The van der Waals surface area contributed by atoms with Crippen molar-refractivity contribution in [3.8, 4) is 5.75 Å². The monoisotopic (exact) mass is 433 g/mol. The maximum absolute atomic E-state index is 14.7. The van der Waals surface area contributed by atoms with E-state index in [2.05, 4.69) is 5.32 Å². The van der Waals surface area contributed by atoms with Crippen molar-refractivity contribution in [1.82, 2.24) is 10.2 Å². The Morgan fingerprint density at radius 3 is 2.45 bits per heavy atom. The molecule has 1 atom stereocenters. The maximum atomic E-state index is 14.7. The van der Waals surface area contributed by atoms with Gasteiger partial charge in [-0.3, -0.25) is 9.69 Å². The molecule has 0 saturated heterocycles. The fourth-order valence-electron chi connectivity index (χ4n) is 3.31. The Kier molecular flexibility index (Phi) is 6.10. The van der Waals surface area contributed by atoms with Crippen molar-refractivity contribution in [3.63, 3.8) is 0 Å². The predicted octanol–water partition coefficient (Wildman–Crippen LogP) is 4.29. The largest absolute Gasteiger partial charge is 0.497 e. The summed E-state index contributed by atoms with van der Waals surface area (Å²) in [4.78, 5) is 16.3. The van der Waals surface area contributed by atoms with Crippen LogP contribution in [0.15, 0.2) is 53.7 Å². The number of carbonyl (C=O) groups is 1. The molecule has 1 amide bonds. The number of nitrogens with one attached hydrogen (secondary N) is 1. The Labute approximate surface area is 179 Å². The van der Waals surface area contributed by atoms with Gasteiger partial charge in [-0.1, -0.05) is 17.7 Å². The van der Waals surface area contributed by atoms with E-state index in [9.17, 15) is 9.18 Å². The van der Waals surface area contributed by atoms with Gasteiger partial charge < -0.3 is 15.0 Å². The van der Waals surface area contributed by atoms with E-state index in [4.69, 9.17) is 28.6 Å². The van der Waals surface area contributed by atoms with Gasteiger partial charge in [0.2, 0.25) is 0 Å². The molecule has 1 N–H and O–H groups in total. The number of ether oxygens (including phenoxy) is 1. The predicted molar refractivity (Wildman–Crippen MR) is 117 cm³/mol. The summed E-state index contributed by atoms with van der Waals surface area (Å²) in [5.74, 6) is -0.0697. The van der Waals surface area contributed by atoms with Gasteiger partial charge in [0.25, 0.3) is 5.91 Å². The average Bonchev–Trinajstić information content (AvgIpc) is 2.68.